The van der Waals surface area contributed by atoms with Gasteiger partial charge in [0.25, 0.3) is 0 Å². The summed E-state index contributed by atoms with van der Waals surface area (Å²) in [6.07, 6.45) is 1.19. The summed E-state index contributed by atoms with van der Waals surface area (Å²) >= 11 is 0. The van der Waals surface area contributed by atoms with Crippen LogP contribution in [0.25, 0.3) is 4.13 Å². The summed E-state index contributed by atoms with van der Waals surface area (Å²) in [7, 11) is -9.25. The molecule has 0 N–H and O–H groups in total. The zero-order chi connectivity index (χ0) is 22.3. The average Bonchev–Trinajstić information content (AvgIpc) is 2.44. The molecule has 0 amide bonds. The van der Waals surface area contributed by atoms with Gasteiger partial charge in [-0.05, 0) is 6.92 Å². The zero-order valence-electron chi connectivity index (χ0n) is 14.3. The van der Waals surface area contributed by atoms with Crippen LogP contribution in [-0.4, -0.2) is 72.1 Å². The molecule has 0 aliphatic rings. The number of esters is 1. The first kappa shape index (κ1) is 27.8. The van der Waals surface area contributed by atoms with Gasteiger partial charge in [0.15, 0.2) is 20.0 Å². The second kappa shape index (κ2) is 9.70. The Kier molecular flexibility index (Phi) is 9.99. The lowest BCUT2D eigenvalue weighted by Crippen LogP contribution is -2.42. The second-order valence-corrected chi connectivity index (χ2v) is 8.69. The van der Waals surface area contributed by atoms with E-state index in [1.165, 1.54) is 6.08 Å². The van der Waals surface area contributed by atoms with Gasteiger partial charge < -0.3 is 13.3 Å². The quantitative estimate of drug-likeness (QED) is 0.253. The van der Waals surface area contributed by atoms with Gasteiger partial charge in [-0.25, -0.2) is 21.6 Å². The lowest BCUT2D eigenvalue weighted by Gasteiger charge is -2.27. The predicted octanol–water partition coefficient (Wildman–Crippen LogP) is 1.87. The molecule has 0 aromatic heterocycles. The van der Waals surface area contributed by atoms with Crippen LogP contribution in [-0.2, 0) is 29.6 Å². The van der Waals surface area contributed by atoms with Crippen LogP contribution in [0.4, 0.5) is 26.3 Å². The Morgan fingerprint density at radius 3 is 1.67 bits per heavy atom. The standard InChI is InChI=1S/C9H18NO2.C2F6NO4S2/c1-5-9(11)12-8-7-10(3,4)6-2;3-1(4,5)14(10,11)9-15(12,13)2(6,7)8/h5H,1,6-8H2,2-4H3;/q+1;-1. The largest absolute Gasteiger partial charge is 0.480 e. The van der Waals surface area contributed by atoms with E-state index >= 15 is 0 Å². The van der Waals surface area contributed by atoms with Gasteiger partial charge in [0.05, 0.1) is 20.6 Å². The van der Waals surface area contributed by atoms with Crippen LogP contribution in [0.2, 0.25) is 0 Å². The molecular weight excluding hydrogens is 434 g/mol. The van der Waals surface area contributed by atoms with Crippen LogP contribution >= 0.6 is 0 Å². The summed E-state index contributed by atoms with van der Waals surface area (Å²) in [6, 6.07) is 0. The van der Waals surface area contributed by atoms with Crippen molar-refractivity contribution in [1.29, 1.82) is 0 Å². The van der Waals surface area contributed by atoms with E-state index in [0.717, 1.165) is 21.7 Å². The Morgan fingerprint density at radius 1 is 1.04 bits per heavy atom. The molecule has 0 heterocycles. The van der Waals surface area contributed by atoms with Gasteiger partial charge in [0.1, 0.15) is 13.2 Å². The average molecular weight is 452 g/mol. The highest BCUT2D eigenvalue weighted by Crippen LogP contribution is 2.36. The van der Waals surface area contributed by atoms with Gasteiger partial charge in [-0.2, -0.15) is 26.3 Å². The molecule has 0 atom stereocenters. The van der Waals surface area contributed by atoms with E-state index in [4.69, 9.17) is 4.74 Å². The first-order valence-corrected chi connectivity index (χ1v) is 9.58. The van der Waals surface area contributed by atoms with Crippen molar-refractivity contribution in [3.05, 3.63) is 16.8 Å². The van der Waals surface area contributed by atoms with E-state index in [9.17, 15) is 48.0 Å². The summed E-state index contributed by atoms with van der Waals surface area (Å²) in [4.78, 5) is 10.6. The molecule has 0 fully saturated rings. The zero-order valence-corrected chi connectivity index (χ0v) is 16.0. The summed E-state index contributed by atoms with van der Waals surface area (Å²) in [5.41, 5.74) is -12.4. The molecule has 27 heavy (non-hydrogen) atoms. The van der Waals surface area contributed by atoms with Crippen molar-refractivity contribution in [2.24, 2.45) is 0 Å². The molecule has 0 rings (SSSR count). The van der Waals surface area contributed by atoms with E-state index in [1.54, 1.807) is 0 Å². The van der Waals surface area contributed by atoms with Crippen LogP contribution in [0.1, 0.15) is 6.92 Å². The number of hydrogen-bond donors (Lipinski definition) is 0. The Balaban J connectivity index is 0. The van der Waals surface area contributed by atoms with Crippen molar-refractivity contribution in [3.63, 3.8) is 0 Å². The van der Waals surface area contributed by atoms with Gasteiger partial charge in [-0.1, -0.05) is 6.58 Å². The third-order valence-corrected chi connectivity index (χ3v) is 5.48. The van der Waals surface area contributed by atoms with E-state index in [2.05, 4.69) is 27.6 Å². The SMILES string of the molecule is C=CC(=O)OCC[N+](C)(C)CC.O=S(=O)([N-]S(=O)(=O)C(F)(F)F)C(F)(F)F. The molecule has 162 valence electrons. The number of alkyl halides is 6. The highest BCUT2D eigenvalue weighted by atomic mass is 32.3. The van der Waals surface area contributed by atoms with Crippen molar-refractivity contribution >= 4 is 26.0 Å². The minimum Gasteiger partial charge on any atom is -0.457 e. The van der Waals surface area contributed by atoms with Gasteiger partial charge in [0.2, 0.25) is 0 Å². The minimum atomic E-state index is -6.72. The summed E-state index contributed by atoms with van der Waals surface area (Å²) in [5, 5.41) is 0. The highest BCUT2D eigenvalue weighted by molar-refractivity contribution is 8.13. The maximum atomic E-state index is 11.4. The molecule has 0 unspecified atom stereocenters. The number of carbonyl (C=O) groups excluding carboxylic acids is 1. The molecule has 0 aromatic carbocycles. The number of halogens is 6. The fourth-order valence-electron chi connectivity index (χ4n) is 0.824. The second-order valence-electron chi connectivity index (χ2n) is 5.26. The van der Waals surface area contributed by atoms with Crippen molar-refractivity contribution in [1.82, 2.24) is 0 Å². The molecule has 0 bridgehead atoms. The number of likely N-dealkylation sites (N-methyl/N-ethyl adjacent to an activating group) is 1. The first-order valence-electron chi connectivity index (χ1n) is 6.70. The predicted molar refractivity (Wildman–Crippen MR) is 82.0 cm³/mol. The van der Waals surface area contributed by atoms with Crippen LogP contribution in [0.15, 0.2) is 12.7 Å². The summed E-state index contributed by atoms with van der Waals surface area (Å²) < 4.78 is 115. The van der Waals surface area contributed by atoms with Crippen molar-refractivity contribution in [3.8, 4) is 0 Å². The number of ether oxygens (including phenoxy) is 1. The summed E-state index contributed by atoms with van der Waals surface area (Å²) in [5.74, 6) is -0.342. The highest BCUT2D eigenvalue weighted by Gasteiger charge is 2.46. The topological polar surface area (TPSA) is 109 Å². The minimum absolute atomic E-state index is 0.342. The fourth-order valence-corrected chi connectivity index (χ4v) is 2.53. The molecule has 0 aromatic rings. The maximum Gasteiger partial charge on any atom is 0.480 e. The first-order chi connectivity index (χ1) is 11.7. The molecule has 8 nitrogen and oxygen atoms in total. The van der Waals surface area contributed by atoms with E-state index in [-0.39, 0.29) is 5.97 Å². The number of sulfonamides is 2. The number of carbonyl (C=O) groups is 1. The van der Waals surface area contributed by atoms with Crippen LogP contribution in [0.3, 0.4) is 0 Å². The smallest absolute Gasteiger partial charge is 0.457 e. The number of quaternary nitrogens is 1. The summed E-state index contributed by atoms with van der Waals surface area (Å²) in [6.45, 7) is 7.76. The van der Waals surface area contributed by atoms with Crippen molar-refractivity contribution in [2.75, 3.05) is 33.8 Å². The Labute approximate surface area is 152 Å². The van der Waals surface area contributed by atoms with Gasteiger partial charge >= 0.3 is 17.0 Å². The van der Waals surface area contributed by atoms with E-state index in [0.29, 0.717) is 6.61 Å². The molecule has 0 radical (unpaired) electrons. The van der Waals surface area contributed by atoms with E-state index < -0.39 is 31.1 Å². The van der Waals surface area contributed by atoms with Gasteiger partial charge in [0, 0.05) is 6.08 Å². The van der Waals surface area contributed by atoms with Gasteiger partial charge in [-0.3, -0.25) is 0 Å². The third-order valence-electron chi connectivity index (χ3n) is 2.74. The molecule has 0 aliphatic carbocycles. The molecule has 0 saturated carbocycles. The Morgan fingerprint density at radius 2 is 1.41 bits per heavy atom. The van der Waals surface area contributed by atoms with Crippen molar-refractivity contribution in [2.45, 2.75) is 17.9 Å². The number of rotatable bonds is 7. The maximum absolute atomic E-state index is 11.4. The van der Waals surface area contributed by atoms with Crippen LogP contribution in [0.5, 0.6) is 0 Å². The fraction of sp³-hybridized carbons (Fsp3) is 0.727. The Bertz CT molecular complexity index is 671. The third kappa shape index (κ3) is 10.5. The lowest BCUT2D eigenvalue weighted by molar-refractivity contribution is -0.888. The molecule has 0 aliphatic heterocycles. The monoisotopic (exact) mass is 452 g/mol. The Hall–Kier alpha value is -1.39. The molecule has 0 saturated heterocycles. The van der Waals surface area contributed by atoms with Crippen molar-refractivity contribution < 1.29 is 57.2 Å². The van der Waals surface area contributed by atoms with Crippen LogP contribution in [0, 0.1) is 0 Å². The van der Waals surface area contributed by atoms with Gasteiger partial charge in [-0.15, -0.1) is 0 Å². The molecular formula is C11H18F6N2O6S2. The van der Waals surface area contributed by atoms with E-state index in [1.807, 2.05) is 0 Å². The number of hydrogen-bond acceptors (Lipinski definition) is 6. The number of nitrogens with zero attached hydrogens (tertiary/aromatic N) is 2. The lowest BCUT2D eigenvalue weighted by atomic mass is 10.4. The molecule has 16 heteroatoms. The normalized spacial score (nSPS) is 13.4. The molecule has 0 spiro atoms. The van der Waals surface area contributed by atoms with Crippen LogP contribution < -0.4 is 0 Å².